The maximum atomic E-state index is 13.6. The Morgan fingerprint density at radius 2 is 1.93 bits per heavy atom. The Morgan fingerprint density at radius 1 is 1.17 bits per heavy atom. The molecule has 7 heteroatoms. The largest absolute Gasteiger partial charge is 0.340 e. The topological polar surface area (TPSA) is 61.7 Å². The first-order valence-corrected chi connectivity index (χ1v) is 11.3. The second-order valence-corrected chi connectivity index (χ2v) is 8.96. The van der Waals surface area contributed by atoms with Crippen molar-refractivity contribution in [2.24, 2.45) is 5.41 Å². The molecule has 3 aliphatic heterocycles. The minimum absolute atomic E-state index is 0.0704. The van der Waals surface area contributed by atoms with E-state index in [0.29, 0.717) is 18.9 Å². The molecule has 3 atom stereocenters. The van der Waals surface area contributed by atoms with Gasteiger partial charge in [0.2, 0.25) is 11.8 Å². The van der Waals surface area contributed by atoms with Gasteiger partial charge in [-0.3, -0.25) is 14.3 Å². The molecule has 0 N–H and O–H groups in total. The van der Waals surface area contributed by atoms with Gasteiger partial charge < -0.3 is 14.7 Å². The van der Waals surface area contributed by atoms with E-state index in [2.05, 4.69) is 33.6 Å². The first-order valence-electron chi connectivity index (χ1n) is 11.3. The number of likely N-dealkylation sites (N-methyl/N-ethyl adjacent to an activating group) is 1. The minimum Gasteiger partial charge on any atom is -0.340 e. The number of carbonyl (C=O) groups excluding carboxylic acids is 2. The number of fused-ring (bicyclic) bond motifs is 2. The van der Waals surface area contributed by atoms with Crippen molar-refractivity contribution in [3.8, 4) is 0 Å². The van der Waals surface area contributed by atoms with Crippen LogP contribution in [-0.4, -0.2) is 81.1 Å². The molecule has 2 bridgehead atoms. The number of rotatable bonds is 6. The van der Waals surface area contributed by atoms with Crippen LogP contribution in [0.2, 0.25) is 0 Å². The van der Waals surface area contributed by atoms with Gasteiger partial charge in [0, 0.05) is 57.4 Å². The van der Waals surface area contributed by atoms with Crippen LogP contribution < -0.4 is 0 Å². The lowest BCUT2D eigenvalue weighted by Gasteiger charge is -2.42. The molecule has 0 unspecified atom stereocenters. The van der Waals surface area contributed by atoms with Gasteiger partial charge in [0.25, 0.3) is 0 Å². The van der Waals surface area contributed by atoms with E-state index in [9.17, 15) is 9.59 Å². The molecule has 29 heavy (non-hydrogen) atoms. The zero-order valence-corrected chi connectivity index (χ0v) is 18.1. The Labute approximate surface area is 174 Å². The van der Waals surface area contributed by atoms with Crippen LogP contribution in [0.5, 0.6) is 0 Å². The summed E-state index contributed by atoms with van der Waals surface area (Å²) in [6, 6.07) is 2.26. The van der Waals surface area contributed by atoms with E-state index < -0.39 is 0 Å². The lowest BCUT2D eigenvalue weighted by Crippen LogP contribution is -2.56. The molecule has 1 aromatic heterocycles. The summed E-state index contributed by atoms with van der Waals surface area (Å²) in [5.74, 6) is 0.480. The van der Waals surface area contributed by atoms with Crippen LogP contribution in [0.1, 0.15) is 51.6 Å². The van der Waals surface area contributed by atoms with Crippen molar-refractivity contribution < 1.29 is 9.59 Å². The van der Waals surface area contributed by atoms with Gasteiger partial charge in [0.05, 0.1) is 11.1 Å². The van der Waals surface area contributed by atoms with Crippen molar-refractivity contribution >= 4 is 11.8 Å². The minimum atomic E-state index is -0.380. The summed E-state index contributed by atoms with van der Waals surface area (Å²) in [6.07, 6.45) is 6.05. The smallest absolute Gasteiger partial charge is 0.231 e. The van der Waals surface area contributed by atoms with Crippen LogP contribution >= 0.6 is 0 Å². The predicted molar refractivity (Wildman–Crippen MR) is 111 cm³/mol. The molecule has 0 saturated carbocycles. The quantitative estimate of drug-likeness (QED) is 0.731. The van der Waals surface area contributed by atoms with E-state index in [1.165, 1.54) is 0 Å². The Kier molecular flexibility index (Phi) is 5.69. The number of piperazine rings is 1. The number of amides is 2. The Balaban J connectivity index is 1.44. The van der Waals surface area contributed by atoms with Crippen molar-refractivity contribution in [1.29, 1.82) is 0 Å². The molecular weight excluding hydrogens is 366 g/mol. The number of hydrogen-bond donors (Lipinski definition) is 0. The van der Waals surface area contributed by atoms with Gasteiger partial charge in [-0.25, -0.2) is 0 Å². The Hall–Kier alpha value is -1.89. The first kappa shape index (κ1) is 20.4. The molecule has 3 aliphatic rings. The van der Waals surface area contributed by atoms with E-state index in [4.69, 9.17) is 0 Å². The molecule has 0 aliphatic carbocycles. The number of hydrogen-bond acceptors (Lipinski definition) is 4. The van der Waals surface area contributed by atoms with E-state index in [1.807, 2.05) is 23.9 Å². The Morgan fingerprint density at radius 3 is 2.55 bits per heavy atom. The highest BCUT2D eigenvalue weighted by atomic mass is 16.2. The molecule has 160 valence electrons. The highest BCUT2D eigenvalue weighted by Gasteiger charge is 2.60. The van der Waals surface area contributed by atoms with Gasteiger partial charge >= 0.3 is 0 Å². The summed E-state index contributed by atoms with van der Waals surface area (Å²) < 4.78 is 1.84. The number of aryl methyl sites for hydroxylation is 2. The fourth-order valence-electron chi connectivity index (χ4n) is 5.83. The van der Waals surface area contributed by atoms with Crippen LogP contribution in [0.25, 0.3) is 0 Å². The molecule has 4 rings (SSSR count). The summed E-state index contributed by atoms with van der Waals surface area (Å²) in [4.78, 5) is 33.3. The third kappa shape index (κ3) is 3.58. The third-order valence-corrected chi connectivity index (χ3v) is 7.52. The fourth-order valence-corrected chi connectivity index (χ4v) is 5.83. The van der Waals surface area contributed by atoms with Gasteiger partial charge in [0.15, 0.2) is 0 Å². The molecule has 4 heterocycles. The van der Waals surface area contributed by atoms with Crippen molar-refractivity contribution in [3.05, 3.63) is 18.0 Å². The average molecular weight is 402 g/mol. The van der Waals surface area contributed by atoms with E-state index in [0.717, 1.165) is 64.1 Å². The number of nitrogens with zero attached hydrogens (tertiary/aromatic N) is 5. The van der Waals surface area contributed by atoms with Crippen LogP contribution in [-0.2, 0) is 16.1 Å². The summed E-state index contributed by atoms with van der Waals surface area (Å²) in [5, 5.41) is 4.39. The van der Waals surface area contributed by atoms with Crippen molar-refractivity contribution in [2.45, 2.75) is 71.5 Å². The monoisotopic (exact) mass is 401 g/mol. The third-order valence-electron chi connectivity index (χ3n) is 7.52. The zero-order chi connectivity index (χ0) is 20.6. The van der Waals surface area contributed by atoms with Crippen LogP contribution in [0, 0.1) is 12.3 Å². The van der Waals surface area contributed by atoms with Crippen molar-refractivity contribution in [2.75, 3.05) is 32.7 Å². The van der Waals surface area contributed by atoms with E-state index in [1.54, 1.807) is 0 Å². The number of aromatic nitrogens is 2. The lowest BCUT2D eigenvalue weighted by atomic mass is 9.70. The highest BCUT2D eigenvalue weighted by Crippen LogP contribution is 2.53. The molecule has 2 amide bonds. The SMILES string of the molecule is CCN1CCN(C(=O)[C@]2(CC)C[C@@H]3CC[C@H]2N3C(=O)CCn2ccc(C)n2)CC1. The molecule has 1 aromatic rings. The zero-order valence-electron chi connectivity index (χ0n) is 18.1. The van der Waals surface area contributed by atoms with Gasteiger partial charge in [-0.2, -0.15) is 5.10 Å². The normalized spacial score (nSPS) is 29.6. The summed E-state index contributed by atoms with van der Waals surface area (Å²) in [7, 11) is 0. The fraction of sp³-hybridized carbons (Fsp3) is 0.773. The van der Waals surface area contributed by atoms with Crippen LogP contribution in [0.3, 0.4) is 0 Å². The molecule has 0 radical (unpaired) electrons. The van der Waals surface area contributed by atoms with Gasteiger partial charge in [0.1, 0.15) is 0 Å². The number of carbonyl (C=O) groups is 2. The maximum absolute atomic E-state index is 13.6. The molecule has 3 fully saturated rings. The van der Waals surface area contributed by atoms with E-state index in [-0.39, 0.29) is 23.4 Å². The van der Waals surface area contributed by atoms with Gasteiger partial charge in [-0.1, -0.05) is 13.8 Å². The highest BCUT2D eigenvalue weighted by molar-refractivity contribution is 5.87. The summed E-state index contributed by atoms with van der Waals surface area (Å²) in [5.41, 5.74) is 0.590. The maximum Gasteiger partial charge on any atom is 0.231 e. The predicted octanol–water partition coefficient (Wildman–Crippen LogP) is 1.91. The Bertz CT molecular complexity index is 754. The summed E-state index contributed by atoms with van der Waals surface area (Å²) >= 11 is 0. The standard InChI is InChI=1S/C22H35N5O2/c1-4-22(21(29)25-14-12-24(5-2)13-15-25)16-18-6-7-19(22)27(18)20(28)9-11-26-10-8-17(3)23-26/h8,10,18-19H,4-7,9,11-16H2,1-3H3/t18-,19+,22+/m0/s1. The van der Waals surface area contributed by atoms with Crippen LogP contribution in [0.4, 0.5) is 0 Å². The molecule has 3 saturated heterocycles. The van der Waals surface area contributed by atoms with Gasteiger partial charge in [-0.15, -0.1) is 0 Å². The van der Waals surface area contributed by atoms with Gasteiger partial charge in [-0.05, 0) is 45.2 Å². The average Bonchev–Trinajstić information content (AvgIpc) is 3.44. The van der Waals surface area contributed by atoms with E-state index >= 15 is 0 Å². The van der Waals surface area contributed by atoms with Crippen LogP contribution in [0.15, 0.2) is 12.3 Å². The molecular formula is C22H35N5O2. The molecule has 0 spiro atoms. The van der Waals surface area contributed by atoms with Crippen molar-refractivity contribution in [1.82, 2.24) is 24.5 Å². The summed E-state index contributed by atoms with van der Waals surface area (Å²) in [6.45, 7) is 11.5. The lowest BCUT2D eigenvalue weighted by molar-refractivity contribution is -0.147. The molecule has 0 aromatic carbocycles. The first-order chi connectivity index (χ1) is 14.0. The second-order valence-electron chi connectivity index (χ2n) is 8.96. The van der Waals surface area contributed by atoms with Crippen molar-refractivity contribution in [3.63, 3.8) is 0 Å². The second kappa shape index (κ2) is 8.09. The molecule has 7 nitrogen and oxygen atoms in total.